The standard InChI is InChI=1S/C21H15Cl3N4O3/c1-3-30-21(29)20-26-25-19(31-20)17-11(2)18(12-4-6-13(22)7-5-12)28(27-17)16-9-8-14(23)10-15(16)24/h4-10H,3H2,1-2H3. The van der Waals surface area contributed by atoms with Gasteiger partial charge in [-0.15, -0.1) is 10.2 Å². The van der Waals surface area contributed by atoms with Gasteiger partial charge in [-0.2, -0.15) is 5.10 Å². The van der Waals surface area contributed by atoms with Crippen LogP contribution in [0.15, 0.2) is 46.9 Å². The number of hydrogen-bond donors (Lipinski definition) is 0. The van der Waals surface area contributed by atoms with Gasteiger partial charge in [0, 0.05) is 21.2 Å². The third kappa shape index (κ3) is 4.17. The first-order chi connectivity index (χ1) is 14.9. The Kier molecular flexibility index (Phi) is 6.00. The van der Waals surface area contributed by atoms with E-state index >= 15 is 0 Å². The van der Waals surface area contributed by atoms with Crippen LogP contribution >= 0.6 is 34.8 Å². The zero-order valence-corrected chi connectivity index (χ0v) is 18.7. The van der Waals surface area contributed by atoms with Crippen LogP contribution in [-0.4, -0.2) is 32.6 Å². The highest BCUT2D eigenvalue weighted by Crippen LogP contribution is 2.36. The predicted molar refractivity (Wildman–Crippen MR) is 118 cm³/mol. The Hall–Kier alpha value is -2.87. The van der Waals surface area contributed by atoms with Gasteiger partial charge < -0.3 is 9.15 Å². The van der Waals surface area contributed by atoms with Gasteiger partial charge in [-0.05, 0) is 44.2 Å². The lowest BCUT2D eigenvalue weighted by molar-refractivity contribution is 0.0481. The molecule has 0 aliphatic rings. The van der Waals surface area contributed by atoms with Gasteiger partial charge in [0.05, 0.1) is 23.0 Å². The second-order valence-corrected chi connectivity index (χ2v) is 7.75. The van der Waals surface area contributed by atoms with E-state index in [1.807, 2.05) is 19.1 Å². The Bertz CT molecular complexity index is 1270. The lowest BCUT2D eigenvalue weighted by Crippen LogP contribution is -2.04. The molecule has 10 heteroatoms. The Balaban J connectivity index is 1.90. The van der Waals surface area contributed by atoms with E-state index in [2.05, 4.69) is 15.3 Å². The molecular weight excluding hydrogens is 463 g/mol. The molecule has 7 nitrogen and oxygen atoms in total. The molecule has 4 rings (SSSR count). The maximum atomic E-state index is 11.9. The molecule has 0 N–H and O–H groups in total. The number of esters is 1. The number of halogens is 3. The van der Waals surface area contributed by atoms with Crippen molar-refractivity contribution in [3.05, 3.63) is 69.0 Å². The summed E-state index contributed by atoms with van der Waals surface area (Å²) in [5, 5.41) is 13.9. The van der Waals surface area contributed by atoms with Crippen molar-refractivity contribution in [3.63, 3.8) is 0 Å². The molecule has 0 aliphatic carbocycles. The SMILES string of the molecule is CCOC(=O)c1nnc(-c2nn(-c3ccc(Cl)cc3Cl)c(-c3ccc(Cl)cc3)c2C)o1. The summed E-state index contributed by atoms with van der Waals surface area (Å²) in [6.45, 7) is 3.75. The molecule has 0 unspecified atom stereocenters. The first-order valence-electron chi connectivity index (χ1n) is 9.21. The Morgan fingerprint density at radius 1 is 1.06 bits per heavy atom. The molecule has 4 aromatic rings. The molecule has 0 bridgehead atoms. The predicted octanol–water partition coefficient (Wildman–Crippen LogP) is 6.03. The van der Waals surface area contributed by atoms with E-state index in [1.165, 1.54) is 0 Å². The molecule has 2 heterocycles. The fraction of sp³-hybridized carbons (Fsp3) is 0.143. The maximum absolute atomic E-state index is 11.9. The van der Waals surface area contributed by atoms with Crippen LogP contribution < -0.4 is 0 Å². The number of hydrogen-bond acceptors (Lipinski definition) is 6. The van der Waals surface area contributed by atoms with Crippen LogP contribution in [0.2, 0.25) is 15.1 Å². The summed E-state index contributed by atoms with van der Waals surface area (Å²) in [5.74, 6) is -0.861. The molecule has 0 saturated heterocycles. The molecular formula is C21H15Cl3N4O3. The average molecular weight is 478 g/mol. The molecule has 0 atom stereocenters. The van der Waals surface area contributed by atoms with E-state index in [0.717, 1.165) is 16.8 Å². The summed E-state index contributed by atoms with van der Waals surface area (Å²) in [5.41, 5.74) is 3.34. The van der Waals surface area contributed by atoms with Crippen molar-refractivity contribution < 1.29 is 13.9 Å². The van der Waals surface area contributed by atoms with Crippen LogP contribution in [0.3, 0.4) is 0 Å². The Morgan fingerprint density at radius 2 is 1.77 bits per heavy atom. The summed E-state index contributed by atoms with van der Waals surface area (Å²) in [4.78, 5) is 11.9. The van der Waals surface area contributed by atoms with E-state index in [4.69, 9.17) is 44.0 Å². The largest absolute Gasteiger partial charge is 0.459 e. The van der Waals surface area contributed by atoms with Gasteiger partial charge in [-0.1, -0.05) is 46.9 Å². The third-order valence-corrected chi connectivity index (χ3v) is 5.25. The zero-order valence-electron chi connectivity index (χ0n) is 16.4. The van der Waals surface area contributed by atoms with E-state index < -0.39 is 5.97 Å². The van der Waals surface area contributed by atoms with Crippen molar-refractivity contribution in [1.82, 2.24) is 20.0 Å². The van der Waals surface area contributed by atoms with Crippen LogP contribution in [0.4, 0.5) is 0 Å². The zero-order chi connectivity index (χ0) is 22.1. The average Bonchev–Trinajstić information content (AvgIpc) is 3.34. The fourth-order valence-corrected chi connectivity index (χ4v) is 3.68. The van der Waals surface area contributed by atoms with E-state index in [9.17, 15) is 4.79 Å². The quantitative estimate of drug-likeness (QED) is 0.326. The van der Waals surface area contributed by atoms with E-state index in [-0.39, 0.29) is 18.4 Å². The van der Waals surface area contributed by atoms with Gasteiger partial charge in [0.25, 0.3) is 5.89 Å². The van der Waals surface area contributed by atoms with Crippen molar-refractivity contribution in [2.45, 2.75) is 13.8 Å². The number of nitrogens with zero attached hydrogens (tertiary/aromatic N) is 4. The number of carbonyl (C=O) groups is 1. The highest BCUT2D eigenvalue weighted by Gasteiger charge is 2.25. The summed E-state index contributed by atoms with van der Waals surface area (Å²) >= 11 is 18.6. The van der Waals surface area contributed by atoms with Gasteiger partial charge in [0.15, 0.2) is 5.69 Å². The smallest absolute Gasteiger partial charge is 0.396 e. The summed E-state index contributed by atoms with van der Waals surface area (Å²) < 4.78 is 12.1. The highest BCUT2D eigenvalue weighted by atomic mass is 35.5. The van der Waals surface area contributed by atoms with Gasteiger partial charge in [-0.25, -0.2) is 9.48 Å². The molecule has 0 radical (unpaired) electrons. The molecule has 2 aromatic heterocycles. The second kappa shape index (κ2) is 8.70. The minimum Gasteiger partial charge on any atom is -0.459 e. The Labute approximate surface area is 192 Å². The minimum absolute atomic E-state index is 0.0830. The maximum Gasteiger partial charge on any atom is 0.396 e. The topological polar surface area (TPSA) is 83.0 Å². The summed E-state index contributed by atoms with van der Waals surface area (Å²) in [6, 6.07) is 12.4. The van der Waals surface area contributed by atoms with Crippen molar-refractivity contribution >= 4 is 40.8 Å². The fourth-order valence-electron chi connectivity index (χ4n) is 3.07. The summed E-state index contributed by atoms with van der Waals surface area (Å²) in [7, 11) is 0. The lowest BCUT2D eigenvalue weighted by Gasteiger charge is -2.11. The van der Waals surface area contributed by atoms with Gasteiger partial charge in [0.1, 0.15) is 0 Å². The monoisotopic (exact) mass is 476 g/mol. The van der Waals surface area contributed by atoms with Crippen molar-refractivity contribution in [2.75, 3.05) is 6.61 Å². The van der Waals surface area contributed by atoms with E-state index in [1.54, 1.807) is 41.9 Å². The van der Waals surface area contributed by atoms with Crippen LogP contribution in [0.25, 0.3) is 28.5 Å². The summed E-state index contributed by atoms with van der Waals surface area (Å²) in [6.07, 6.45) is 0. The molecule has 0 saturated carbocycles. The first-order valence-corrected chi connectivity index (χ1v) is 10.3. The van der Waals surface area contributed by atoms with Crippen LogP contribution in [0.1, 0.15) is 23.2 Å². The second-order valence-electron chi connectivity index (χ2n) is 6.47. The van der Waals surface area contributed by atoms with Crippen LogP contribution in [-0.2, 0) is 4.74 Å². The number of ether oxygens (including phenoxy) is 1. The number of rotatable bonds is 5. The first kappa shape index (κ1) is 21.4. The van der Waals surface area contributed by atoms with Gasteiger partial charge in [0.2, 0.25) is 0 Å². The van der Waals surface area contributed by atoms with Crippen LogP contribution in [0.5, 0.6) is 0 Å². The molecule has 0 aliphatic heterocycles. The van der Waals surface area contributed by atoms with Crippen LogP contribution in [0, 0.1) is 6.92 Å². The molecule has 0 fully saturated rings. The van der Waals surface area contributed by atoms with Gasteiger partial charge in [-0.3, -0.25) is 0 Å². The molecule has 2 aromatic carbocycles. The number of carbonyl (C=O) groups excluding carboxylic acids is 1. The molecule has 31 heavy (non-hydrogen) atoms. The van der Waals surface area contributed by atoms with Crippen molar-refractivity contribution in [3.8, 4) is 28.5 Å². The molecule has 0 spiro atoms. The van der Waals surface area contributed by atoms with Crippen molar-refractivity contribution in [2.24, 2.45) is 0 Å². The highest BCUT2D eigenvalue weighted by molar-refractivity contribution is 6.35. The third-order valence-electron chi connectivity index (χ3n) is 4.46. The minimum atomic E-state index is -0.697. The Morgan fingerprint density at radius 3 is 2.45 bits per heavy atom. The number of benzene rings is 2. The van der Waals surface area contributed by atoms with E-state index in [0.29, 0.717) is 26.4 Å². The molecule has 158 valence electrons. The normalized spacial score (nSPS) is 11.0. The van der Waals surface area contributed by atoms with Gasteiger partial charge >= 0.3 is 11.9 Å². The molecule has 0 amide bonds. The van der Waals surface area contributed by atoms with Crippen molar-refractivity contribution in [1.29, 1.82) is 0 Å². The number of aromatic nitrogens is 4. The lowest BCUT2D eigenvalue weighted by atomic mass is 10.1.